The molecule has 0 bridgehead atoms. The smallest absolute Gasteiger partial charge is 0.242 e. The monoisotopic (exact) mass is 430 g/mol. The maximum Gasteiger partial charge on any atom is 0.242 e. The lowest BCUT2D eigenvalue weighted by Gasteiger charge is -2.31. The minimum Gasteiger partial charge on any atom is -0.467 e. The van der Waals surface area contributed by atoms with Crippen LogP contribution in [0, 0.1) is 5.41 Å². The number of methoxy groups -OCH3 is 1. The molecule has 0 N–H and O–H groups in total. The van der Waals surface area contributed by atoms with Crippen LogP contribution in [0.25, 0.3) is 0 Å². The topological polar surface area (TPSA) is 81.5 Å². The molecule has 8 nitrogen and oxygen atoms in total. The van der Waals surface area contributed by atoms with Crippen LogP contribution in [0.5, 0.6) is 11.5 Å². The quantitative estimate of drug-likeness (QED) is 0.608. The Morgan fingerprint density at radius 3 is 2.52 bits per heavy atom. The Hall–Kier alpha value is -3.00. The zero-order chi connectivity index (χ0) is 22.4. The van der Waals surface area contributed by atoms with Gasteiger partial charge in [-0.05, 0) is 29.8 Å². The average molecular weight is 431 g/mol. The standard InChI is InChI=1S/C23H30N2O6/c1-23(2,3)22(27)24(9-11-28-4)15-21(26)25(14-18-6-5-10-29-18)13-17-7-8-19-20(12-17)31-16-30-19/h5-8,10,12H,9,11,13-16H2,1-4H3. The van der Waals surface area contributed by atoms with Gasteiger partial charge in [-0.1, -0.05) is 26.8 Å². The summed E-state index contributed by atoms with van der Waals surface area (Å²) in [5.74, 6) is 1.74. The molecular weight excluding hydrogens is 400 g/mol. The number of benzene rings is 1. The normalized spacial score (nSPS) is 12.6. The number of carbonyl (C=O) groups excluding carboxylic acids is 2. The number of hydrogen-bond donors (Lipinski definition) is 0. The van der Waals surface area contributed by atoms with E-state index in [4.69, 9.17) is 18.6 Å². The molecule has 1 aromatic heterocycles. The Morgan fingerprint density at radius 1 is 1.06 bits per heavy atom. The number of nitrogens with zero attached hydrogens (tertiary/aromatic N) is 2. The van der Waals surface area contributed by atoms with Crippen LogP contribution < -0.4 is 9.47 Å². The first kappa shape index (κ1) is 22.7. The first-order valence-corrected chi connectivity index (χ1v) is 10.2. The van der Waals surface area contributed by atoms with Crippen LogP contribution in [0.3, 0.4) is 0 Å². The Kier molecular flexibility index (Phi) is 7.22. The predicted molar refractivity (Wildman–Crippen MR) is 113 cm³/mol. The van der Waals surface area contributed by atoms with Gasteiger partial charge in [0.2, 0.25) is 18.6 Å². The van der Waals surface area contributed by atoms with Gasteiger partial charge in [-0.2, -0.15) is 0 Å². The van der Waals surface area contributed by atoms with Crippen molar-refractivity contribution in [1.29, 1.82) is 0 Å². The van der Waals surface area contributed by atoms with Crippen molar-refractivity contribution in [2.24, 2.45) is 5.41 Å². The molecule has 168 valence electrons. The Balaban J connectivity index is 1.78. The minimum absolute atomic E-state index is 0.0370. The fourth-order valence-electron chi connectivity index (χ4n) is 3.27. The van der Waals surface area contributed by atoms with Gasteiger partial charge >= 0.3 is 0 Å². The molecule has 1 aliphatic heterocycles. The molecule has 8 heteroatoms. The summed E-state index contributed by atoms with van der Waals surface area (Å²) >= 11 is 0. The van der Waals surface area contributed by atoms with Gasteiger partial charge in [0, 0.05) is 25.6 Å². The van der Waals surface area contributed by atoms with Gasteiger partial charge in [-0.3, -0.25) is 9.59 Å². The van der Waals surface area contributed by atoms with Crippen molar-refractivity contribution in [1.82, 2.24) is 9.80 Å². The lowest BCUT2D eigenvalue weighted by atomic mass is 9.94. The summed E-state index contributed by atoms with van der Waals surface area (Å²) in [6.07, 6.45) is 1.58. The number of rotatable bonds is 9. The van der Waals surface area contributed by atoms with E-state index in [-0.39, 0.29) is 25.2 Å². The molecule has 3 rings (SSSR count). The highest BCUT2D eigenvalue weighted by molar-refractivity contribution is 5.87. The van der Waals surface area contributed by atoms with E-state index in [1.54, 1.807) is 29.2 Å². The SMILES string of the molecule is COCCN(CC(=O)N(Cc1ccc2c(c1)OCO2)Cc1ccco1)C(=O)C(C)(C)C. The van der Waals surface area contributed by atoms with Crippen molar-refractivity contribution in [2.75, 3.05) is 33.6 Å². The second-order valence-corrected chi connectivity index (χ2v) is 8.49. The number of fused-ring (bicyclic) bond motifs is 1. The van der Waals surface area contributed by atoms with Gasteiger partial charge in [0.25, 0.3) is 0 Å². The molecule has 0 saturated carbocycles. The Morgan fingerprint density at radius 2 is 1.84 bits per heavy atom. The second-order valence-electron chi connectivity index (χ2n) is 8.49. The van der Waals surface area contributed by atoms with Crippen molar-refractivity contribution in [3.8, 4) is 11.5 Å². The van der Waals surface area contributed by atoms with Crippen molar-refractivity contribution >= 4 is 11.8 Å². The molecule has 2 aromatic rings. The van der Waals surface area contributed by atoms with E-state index in [2.05, 4.69) is 0 Å². The van der Waals surface area contributed by atoms with Crippen molar-refractivity contribution in [3.05, 3.63) is 47.9 Å². The molecule has 0 fully saturated rings. The van der Waals surface area contributed by atoms with Crippen LogP contribution in [-0.4, -0.2) is 55.2 Å². The van der Waals surface area contributed by atoms with E-state index >= 15 is 0 Å². The average Bonchev–Trinajstić information content (AvgIpc) is 3.40. The van der Waals surface area contributed by atoms with Crippen LogP contribution in [0.15, 0.2) is 41.0 Å². The summed E-state index contributed by atoms with van der Waals surface area (Å²) in [5, 5.41) is 0. The fourth-order valence-corrected chi connectivity index (χ4v) is 3.27. The summed E-state index contributed by atoms with van der Waals surface area (Å²) in [6, 6.07) is 9.21. The highest BCUT2D eigenvalue weighted by Gasteiger charge is 2.30. The van der Waals surface area contributed by atoms with Crippen LogP contribution in [-0.2, 0) is 27.4 Å². The molecule has 1 aromatic carbocycles. The lowest BCUT2D eigenvalue weighted by Crippen LogP contribution is -2.47. The van der Waals surface area contributed by atoms with Gasteiger partial charge in [-0.15, -0.1) is 0 Å². The number of hydrogen-bond acceptors (Lipinski definition) is 6. The number of amides is 2. The van der Waals surface area contributed by atoms with Crippen LogP contribution in [0.4, 0.5) is 0 Å². The molecule has 2 amide bonds. The van der Waals surface area contributed by atoms with Crippen LogP contribution in [0.1, 0.15) is 32.1 Å². The van der Waals surface area contributed by atoms with Gasteiger partial charge < -0.3 is 28.4 Å². The number of furan rings is 1. The molecule has 0 atom stereocenters. The van der Waals surface area contributed by atoms with Gasteiger partial charge in [0.15, 0.2) is 11.5 Å². The highest BCUT2D eigenvalue weighted by Crippen LogP contribution is 2.33. The molecule has 1 aliphatic rings. The van der Waals surface area contributed by atoms with E-state index in [1.807, 2.05) is 45.0 Å². The Labute approximate surface area is 182 Å². The third-order valence-electron chi connectivity index (χ3n) is 4.91. The largest absolute Gasteiger partial charge is 0.467 e. The second kappa shape index (κ2) is 9.87. The molecule has 0 aliphatic carbocycles. The zero-order valence-electron chi connectivity index (χ0n) is 18.6. The molecule has 0 radical (unpaired) electrons. The molecule has 31 heavy (non-hydrogen) atoms. The maximum atomic E-state index is 13.3. The van der Waals surface area contributed by atoms with E-state index in [1.165, 1.54) is 0 Å². The molecule has 2 heterocycles. The van der Waals surface area contributed by atoms with E-state index in [0.29, 0.717) is 43.5 Å². The van der Waals surface area contributed by atoms with Crippen LogP contribution in [0.2, 0.25) is 0 Å². The van der Waals surface area contributed by atoms with E-state index in [0.717, 1.165) is 5.56 Å². The van der Waals surface area contributed by atoms with Crippen LogP contribution >= 0.6 is 0 Å². The zero-order valence-corrected chi connectivity index (χ0v) is 18.6. The van der Waals surface area contributed by atoms with Gasteiger partial charge in [0.05, 0.1) is 26.0 Å². The summed E-state index contributed by atoms with van der Waals surface area (Å²) in [6.45, 7) is 7.01. The first-order valence-electron chi connectivity index (χ1n) is 10.2. The van der Waals surface area contributed by atoms with Crippen molar-refractivity contribution < 1.29 is 28.2 Å². The number of ether oxygens (including phenoxy) is 3. The summed E-state index contributed by atoms with van der Waals surface area (Å²) in [7, 11) is 1.57. The first-order chi connectivity index (χ1) is 14.8. The Bertz CT molecular complexity index is 888. The predicted octanol–water partition coefficient (Wildman–Crippen LogP) is 3.06. The third-order valence-corrected chi connectivity index (χ3v) is 4.91. The molecule has 0 spiro atoms. The fraction of sp³-hybridized carbons (Fsp3) is 0.478. The maximum absolute atomic E-state index is 13.3. The third kappa shape index (κ3) is 6.01. The molecular formula is C23H30N2O6. The summed E-state index contributed by atoms with van der Waals surface area (Å²) in [5.41, 5.74) is 0.298. The van der Waals surface area contributed by atoms with Gasteiger partial charge in [-0.25, -0.2) is 0 Å². The molecule has 0 saturated heterocycles. The van der Waals surface area contributed by atoms with Crippen molar-refractivity contribution in [2.45, 2.75) is 33.9 Å². The lowest BCUT2D eigenvalue weighted by molar-refractivity contribution is -0.146. The summed E-state index contributed by atoms with van der Waals surface area (Å²) in [4.78, 5) is 29.4. The van der Waals surface area contributed by atoms with Crippen molar-refractivity contribution in [3.63, 3.8) is 0 Å². The number of carbonyl (C=O) groups is 2. The van der Waals surface area contributed by atoms with E-state index < -0.39 is 5.41 Å². The van der Waals surface area contributed by atoms with Gasteiger partial charge in [0.1, 0.15) is 5.76 Å². The highest BCUT2D eigenvalue weighted by atomic mass is 16.7. The minimum atomic E-state index is -0.600. The summed E-state index contributed by atoms with van der Waals surface area (Å²) < 4.78 is 21.4. The van der Waals surface area contributed by atoms with E-state index in [9.17, 15) is 9.59 Å². The molecule has 0 unspecified atom stereocenters.